The summed E-state index contributed by atoms with van der Waals surface area (Å²) < 4.78 is 0. The molecule has 1 aliphatic carbocycles. The van der Waals surface area contributed by atoms with Crippen LogP contribution in [0.2, 0.25) is 5.02 Å². The van der Waals surface area contributed by atoms with Gasteiger partial charge in [0.05, 0.1) is 6.04 Å². The average molecular weight is 476 g/mol. The molecular weight excluding hydrogens is 446 g/mol. The van der Waals surface area contributed by atoms with E-state index < -0.39 is 6.04 Å². The summed E-state index contributed by atoms with van der Waals surface area (Å²) in [5.41, 5.74) is 4.18. The number of rotatable bonds is 2. The second-order valence-electron chi connectivity index (χ2n) is 10.0. The number of aromatic amines is 1. The molecular formula is C28H30ClN3O2. The zero-order valence-electron chi connectivity index (χ0n) is 19.3. The fourth-order valence-corrected chi connectivity index (χ4v) is 6.46. The van der Waals surface area contributed by atoms with Gasteiger partial charge in [0.2, 0.25) is 11.8 Å². The SMILES string of the molecule is O=C1[C@@H]2Cc3c([nH]c4ccccc34)C(c3ccc(Cl)cc3)N2C(=O)CN1C1CCCCCCC1. The second kappa shape index (κ2) is 8.77. The van der Waals surface area contributed by atoms with Gasteiger partial charge in [0.25, 0.3) is 0 Å². The maximum atomic E-state index is 14.0. The van der Waals surface area contributed by atoms with Crippen LogP contribution in [0.3, 0.4) is 0 Å². The normalized spacial score (nSPS) is 24.0. The minimum absolute atomic E-state index is 0.0379. The van der Waals surface area contributed by atoms with Gasteiger partial charge in [-0.15, -0.1) is 0 Å². The topological polar surface area (TPSA) is 56.4 Å². The number of piperazine rings is 1. The van der Waals surface area contributed by atoms with Crippen LogP contribution in [-0.4, -0.2) is 45.2 Å². The van der Waals surface area contributed by atoms with Crippen LogP contribution in [0.15, 0.2) is 48.5 Å². The number of aromatic nitrogens is 1. The Morgan fingerprint density at radius 2 is 1.59 bits per heavy atom. The summed E-state index contributed by atoms with van der Waals surface area (Å²) in [6.07, 6.45) is 8.56. The van der Waals surface area contributed by atoms with Crippen molar-refractivity contribution >= 4 is 34.3 Å². The van der Waals surface area contributed by atoms with Crippen LogP contribution >= 0.6 is 11.6 Å². The zero-order chi connectivity index (χ0) is 23.2. The van der Waals surface area contributed by atoms with Gasteiger partial charge in [-0.25, -0.2) is 0 Å². The van der Waals surface area contributed by atoms with Crippen molar-refractivity contribution < 1.29 is 9.59 Å². The Balaban J connectivity index is 1.44. The predicted molar refractivity (Wildman–Crippen MR) is 134 cm³/mol. The fraction of sp³-hybridized carbons (Fsp3) is 0.429. The van der Waals surface area contributed by atoms with E-state index in [0.29, 0.717) is 11.4 Å². The van der Waals surface area contributed by atoms with E-state index in [9.17, 15) is 9.59 Å². The van der Waals surface area contributed by atoms with Crippen molar-refractivity contribution in [3.8, 4) is 0 Å². The molecule has 2 aromatic carbocycles. The Kier molecular flexibility index (Phi) is 5.60. The lowest BCUT2D eigenvalue weighted by atomic mass is 9.85. The number of amides is 2. The second-order valence-corrected chi connectivity index (χ2v) is 10.4. The first-order valence-electron chi connectivity index (χ1n) is 12.6. The van der Waals surface area contributed by atoms with Gasteiger partial charge in [-0.1, -0.05) is 74.0 Å². The molecule has 3 heterocycles. The minimum Gasteiger partial charge on any atom is -0.356 e. The van der Waals surface area contributed by atoms with Gasteiger partial charge in [0.15, 0.2) is 0 Å². The average Bonchev–Trinajstić information content (AvgIpc) is 3.19. The molecule has 1 saturated carbocycles. The molecule has 0 bridgehead atoms. The van der Waals surface area contributed by atoms with Crippen LogP contribution in [0.4, 0.5) is 0 Å². The lowest BCUT2D eigenvalue weighted by molar-refractivity contribution is -0.161. The van der Waals surface area contributed by atoms with Gasteiger partial charge in [0.1, 0.15) is 12.6 Å². The summed E-state index contributed by atoms with van der Waals surface area (Å²) in [7, 11) is 0. The standard InChI is InChI=1S/C28H30ClN3O2/c29-19-14-12-18(13-15-19)27-26-22(21-10-6-7-11-23(21)30-26)16-24-28(34)31(17-25(33)32(24)27)20-8-4-2-1-3-5-9-20/h6-7,10-15,20,24,27,30H,1-5,8-9,16-17H2/t24-,27?/m0/s1. The highest BCUT2D eigenvalue weighted by molar-refractivity contribution is 6.30. The van der Waals surface area contributed by atoms with Gasteiger partial charge in [-0.2, -0.15) is 0 Å². The van der Waals surface area contributed by atoms with Crippen molar-refractivity contribution in [3.63, 3.8) is 0 Å². The third-order valence-electron chi connectivity index (χ3n) is 7.99. The van der Waals surface area contributed by atoms with Crippen LogP contribution < -0.4 is 0 Å². The van der Waals surface area contributed by atoms with E-state index in [4.69, 9.17) is 11.6 Å². The van der Waals surface area contributed by atoms with Gasteiger partial charge < -0.3 is 14.8 Å². The van der Waals surface area contributed by atoms with Crippen molar-refractivity contribution in [2.75, 3.05) is 6.54 Å². The number of fused-ring (bicyclic) bond motifs is 4. The number of carbonyl (C=O) groups is 2. The van der Waals surface area contributed by atoms with E-state index in [0.717, 1.165) is 53.4 Å². The first-order chi connectivity index (χ1) is 16.6. The van der Waals surface area contributed by atoms with E-state index in [-0.39, 0.29) is 30.4 Å². The molecule has 34 heavy (non-hydrogen) atoms. The molecule has 1 unspecified atom stereocenters. The molecule has 0 spiro atoms. The molecule has 3 aliphatic rings. The van der Waals surface area contributed by atoms with Gasteiger partial charge in [-0.05, 0) is 42.2 Å². The highest BCUT2D eigenvalue weighted by Gasteiger charge is 2.49. The Labute approximate surface area is 205 Å². The number of hydrogen-bond acceptors (Lipinski definition) is 2. The number of nitrogens with one attached hydrogen (secondary N) is 1. The van der Waals surface area contributed by atoms with Crippen LogP contribution in [-0.2, 0) is 16.0 Å². The molecule has 1 saturated heterocycles. The molecule has 3 aromatic rings. The molecule has 2 atom stereocenters. The van der Waals surface area contributed by atoms with E-state index >= 15 is 0 Å². The van der Waals surface area contributed by atoms with Crippen molar-refractivity contribution in [1.82, 2.24) is 14.8 Å². The molecule has 176 valence electrons. The van der Waals surface area contributed by atoms with Gasteiger partial charge in [0, 0.05) is 34.1 Å². The number of carbonyl (C=O) groups excluding carboxylic acids is 2. The fourth-order valence-electron chi connectivity index (χ4n) is 6.33. The molecule has 1 aromatic heterocycles. The summed E-state index contributed by atoms with van der Waals surface area (Å²) in [5.74, 6) is 0.149. The van der Waals surface area contributed by atoms with Crippen LogP contribution in [0.5, 0.6) is 0 Å². The minimum atomic E-state index is -0.473. The first-order valence-corrected chi connectivity index (χ1v) is 13.0. The lowest BCUT2D eigenvalue weighted by Crippen LogP contribution is -2.64. The van der Waals surface area contributed by atoms with Gasteiger partial charge >= 0.3 is 0 Å². The third kappa shape index (κ3) is 3.61. The highest BCUT2D eigenvalue weighted by Crippen LogP contribution is 2.43. The van der Waals surface area contributed by atoms with Crippen molar-refractivity contribution in [2.24, 2.45) is 0 Å². The van der Waals surface area contributed by atoms with Crippen molar-refractivity contribution in [3.05, 3.63) is 70.4 Å². The number of nitrogens with zero attached hydrogens (tertiary/aromatic N) is 2. The summed E-state index contributed by atoms with van der Waals surface area (Å²) in [4.78, 5) is 35.1. The Morgan fingerprint density at radius 3 is 2.35 bits per heavy atom. The summed E-state index contributed by atoms with van der Waals surface area (Å²) in [5, 5.41) is 1.80. The van der Waals surface area contributed by atoms with Crippen molar-refractivity contribution in [2.45, 2.75) is 69.5 Å². The monoisotopic (exact) mass is 475 g/mol. The molecule has 1 N–H and O–H groups in total. The lowest BCUT2D eigenvalue weighted by Gasteiger charge is -2.49. The number of H-pyrrole nitrogens is 1. The zero-order valence-corrected chi connectivity index (χ0v) is 20.1. The predicted octanol–water partition coefficient (Wildman–Crippen LogP) is 5.62. The van der Waals surface area contributed by atoms with Crippen LogP contribution in [0.1, 0.15) is 67.8 Å². The van der Waals surface area contributed by atoms with E-state index in [2.05, 4.69) is 17.1 Å². The smallest absolute Gasteiger partial charge is 0.246 e. The number of benzene rings is 2. The molecule has 2 fully saturated rings. The van der Waals surface area contributed by atoms with E-state index in [1.54, 1.807) is 0 Å². The Morgan fingerprint density at radius 1 is 0.882 bits per heavy atom. The highest BCUT2D eigenvalue weighted by atomic mass is 35.5. The first kappa shape index (κ1) is 21.7. The van der Waals surface area contributed by atoms with E-state index in [1.807, 2.05) is 46.2 Å². The number of para-hydroxylation sites is 1. The summed E-state index contributed by atoms with van der Waals surface area (Å²) >= 11 is 6.19. The quantitative estimate of drug-likeness (QED) is 0.523. The van der Waals surface area contributed by atoms with Crippen molar-refractivity contribution in [1.29, 1.82) is 0 Å². The largest absolute Gasteiger partial charge is 0.356 e. The summed E-state index contributed by atoms with van der Waals surface area (Å²) in [6, 6.07) is 15.3. The van der Waals surface area contributed by atoms with Crippen LogP contribution in [0.25, 0.3) is 10.9 Å². The molecule has 5 nitrogen and oxygen atoms in total. The Bertz CT molecular complexity index is 1230. The van der Waals surface area contributed by atoms with Gasteiger partial charge in [-0.3, -0.25) is 9.59 Å². The number of hydrogen-bond donors (Lipinski definition) is 1. The molecule has 0 radical (unpaired) electrons. The maximum Gasteiger partial charge on any atom is 0.246 e. The Hall–Kier alpha value is -2.79. The summed E-state index contributed by atoms with van der Waals surface area (Å²) in [6.45, 7) is 0.180. The van der Waals surface area contributed by atoms with E-state index in [1.165, 1.54) is 19.3 Å². The maximum absolute atomic E-state index is 14.0. The molecule has 6 heteroatoms. The number of halogens is 1. The third-order valence-corrected chi connectivity index (χ3v) is 8.25. The molecule has 2 aliphatic heterocycles. The van der Waals surface area contributed by atoms with Crippen LogP contribution in [0, 0.1) is 0 Å². The molecule has 6 rings (SSSR count). The molecule has 2 amide bonds.